The fourth-order valence-corrected chi connectivity index (χ4v) is 2.78. The van der Waals surface area contributed by atoms with E-state index in [1.165, 1.54) is 14.2 Å². The number of carbonyl (C=O) groups excluding carboxylic acids is 1. The SMILES string of the molecule is Bc1c(C(=O)OCC)[nH]c(C=N)c1-c1ccc(OC)c(OC)c1OC. The highest BCUT2D eigenvalue weighted by molar-refractivity contribution is 6.40. The largest absolute Gasteiger partial charge is 0.493 e. The third-order valence-corrected chi connectivity index (χ3v) is 3.88. The van der Waals surface area contributed by atoms with E-state index in [-0.39, 0.29) is 6.61 Å². The maximum absolute atomic E-state index is 12.2. The number of aromatic amines is 1. The van der Waals surface area contributed by atoms with Crippen LogP contribution in [0.25, 0.3) is 11.1 Å². The molecule has 0 radical (unpaired) electrons. The Morgan fingerprint density at radius 1 is 1.20 bits per heavy atom. The van der Waals surface area contributed by atoms with Gasteiger partial charge in [0.2, 0.25) is 5.75 Å². The molecule has 0 aliphatic rings. The Morgan fingerprint density at radius 3 is 2.40 bits per heavy atom. The zero-order valence-electron chi connectivity index (χ0n) is 15.0. The molecule has 25 heavy (non-hydrogen) atoms. The fraction of sp³-hybridized carbons (Fsp3) is 0.294. The third kappa shape index (κ3) is 3.19. The number of nitrogens with one attached hydrogen (secondary N) is 2. The molecule has 1 heterocycles. The summed E-state index contributed by atoms with van der Waals surface area (Å²) in [6.07, 6.45) is 1.15. The molecule has 0 amide bonds. The Kier molecular flexibility index (Phi) is 5.74. The van der Waals surface area contributed by atoms with E-state index < -0.39 is 5.97 Å². The summed E-state index contributed by atoms with van der Waals surface area (Å²) >= 11 is 0. The molecule has 1 aromatic heterocycles. The number of methoxy groups -OCH3 is 3. The molecular formula is C17H21BN2O5. The molecule has 1 aromatic carbocycles. The van der Waals surface area contributed by atoms with E-state index in [0.717, 1.165) is 6.21 Å². The van der Waals surface area contributed by atoms with Gasteiger partial charge < -0.3 is 29.3 Å². The number of carbonyl (C=O) groups is 1. The fourth-order valence-electron chi connectivity index (χ4n) is 2.78. The van der Waals surface area contributed by atoms with E-state index >= 15 is 0 Å². The van der Waals surface area contributed by atoms with Crippen LogP contribution in [-0.4, -0.2) is 53.0 Å². The van der Waals surface area contributed by atoms with E-state index in [2.05, 4.69) is 4.98 Å². The molecule has 8 heteroatoms. The number of hydrogen-bond donors (Lipinski definition) is 2. The maximum atomic E-state index is 12.2. The lowest BCUT2D eigenvalue weighted by Gasteiger charge is -2.16. The zero-order chi connectivity index (χ0) is 18.6. The van der Waals surface area contributed by atoms with Crippen molar-refractivity contribution in [3.05, 3.63) is 23.5 Å². The average Bonchev–Trinajstić information content (AvgIpc) is 2.96. The van der Waals surface area contributed by atoms with Gasteiger partial charge in [-0.25, -0.2) is 4.79 Å². The van der Waals surface area contributed by atoms with Gasteiger partial charge >= 0.3 is 5.97 Å². The Balaban J connectivity index is 2.74. The number of hydrogen-bond acceptors (Lipinski definition) is 6. The van der Waals surface area contributed by atoms with Crippen LogP contribution in [0.5, 0.6) is 17.2 Å². The lowest BCUT2D eigenvalue weighted by molar-refractivity contribution is 0.0522. The van der Waals surface area contributed by atoms with Crippen molar-refractivity contribution < 1.29 is 23.7 Å². The summed E-state index contributed by atoms with van der Waals surface area (Å²) in [5.41, 5.74) is 2.82. The zero-order valence-corrected chi connectivity index (χ0v) is 15.0. The van der Waals surface area contributed by atoms with Crippen molar-refractivity contribution in [3.8, 4) is 28.4 Å². The van der Waals surface area contributed by atoms with Gasteiger partial charge in [0, 0.05) is 17.3 Å². The molecule has 0 unspecified atom stereocenters. The van der Waals surface area contributed by atoms with Crippen LogP contribution in [0.3, 0.4) is 0 Å². The third-order valence-electron chi connectivity index (χ3n) is 3.88. The molecule has 7 nitrogen and oxygen atoms in total. The summed E-state index contributed by atoms with van der Waals surface area (Å²) in [5, 5.41) is 7.69. The van der Waals surface area contributed by atoms with Crippen LogP contribution in [0.2, 0.25) is 0 Å². The summed E-state index contributed by atoms with van der Waals surface area (Å²) in [5.74, 6) is 0.964. The molecule has 0 saturated carbocycles. The standard InChI is InChI=1S/C17H21BN2O5/c1-5-25-17(21)14-13(18)12(10(8-19)20-14)9-6-7-11(22-2)16(24-4)15(9)23-3/h6-8,19-20H,5,18H2,1-4H3. The molecule has 0 aliphatic heterocycles. The van der Waals surface area contributed by atoms with Gasteiger partial charge in [0.1, 0.15) is 13.5 Å². The van der Waals surface area contributed by atoms with E-state index in [9.17, 15) is 4.79 Å². The molecule has 132 valence electrons. The molecule has 0 atom stereocenters. The highest BCUT2D eigenvalue weighted by atomic mass is 16.5. The van der Waals surface area contributed by atoms with Crippen LogP contribution in [0, 0.1) is 5.41 Å². The highest BCUT2D eigenvalue weighted by Crippen LogP contribution is 2.44. The predicted molar refractivity (Wildman–Crippen MR) is 97.9 cm³/mol. The molecule has 0 aliphatic carbocycles. The van der Waals surface area contributed by atoms with E-state index in [1.54, 1.807) is 34.0 Å². The number of rotatable bonds is 7. The van der Waals surface area contributed by atoms with Gasteiger partial charge in [-0.1, -0.05) is 0 Å². The van der Waals surface area contributed by atoms with Crippen molar-refractivity contribution in [3.63, 3.8) is 0 Å². The van der Waals surface area contributed by atoms with Crippen molar-refractivity contribution in [1.29, 1.82) is 5.41 Å². The monoisotopic (exact) mass is 344 g/mol. The summed E-state index contributed by atoms with van der Waals surface area (Å²) in [6, 6.07) is 3.55. The molecule has 0 bridgehead atoms. The minimum atomic E-state index is -0.464. The molecule has 0 saturated heterocycles. The number of esters is 1. The van der Waals surface area contributed by atoms with Crippen LogP contribution in [-0.2, 0) is 4.74 Å². The first-order valence-corrected chi connectivity index (χ1v) is 7.73. The van der Waals surface area contributed by atoms with Crippen molar-refractivity contribution >= 4 is 25.5 Å². The summed E-state index contributed by atoms with van der Waals surface area (Å²) in [7, 11) is 6.39. The minimum Gasteiger partial charge on any atom is -0.493 e. The summed E-state index contributed by atoms with van der Waals surface area (Å²) in [6.45, 7) is 2.01. The van der Waals surface area contributed by atoms with Gasteiger partial charge in [-0.15, -0.1) is 0 Å². The topological polar surface area (TPSA) is 93.6 Å². The van der Waals surface area contributed by atoms with Crippen LogP contribution >= 0.6 is 0 Å². The molecule has 0 spiro atoms. The number of H-pyrrole nitrogens is 1. The Hall–Kier alpha value is -2.90. The molecule has 2 rings (SSSR count). The predicted octanol–water partition coefficient (Wildman–Crippen LogP) is 1.14. The molecular weight excluding hydrogens is 323 g/mol. The van der Waals surface area contributed by atoms with E-state index in [0.29, 0.717) is 45.2 Å². The highest BCUT2D eigenvalue weighted by Gasteiger charge is 2.25. The first-order chi connectivity index (χ1) is 12.0. The van der Waals surface area contributed by atoms with Crippen molar-refractivity contribution in [2.75, 3.05) is 27.9 Å². The average molecular weight is 344 g/mol. The second-order valence-corrected chi connectivity index (χ2v) is 5.16. The quantitative estimate of drug-likeness (QED) is 0.446. The lowest BCUT2D eigenvalue weighted by Crippen LogP contribution is -2.17. The van der Waals surface area contributed by atoms with E-state index in [4.69, 9.17) is 24.4 Å². The summed E-state index contributed by atoms with van der Waals surface area (Å²) < 4.78 is 21.3. The molecule has 2 N–H and O–H groups in total. The van der Waals surface area contributed by atoms with Gasteiger partial charge in [-0.3, -0.25) is 0 Å². The first-order valence-electron chi connectivity index (χ1n) is 7.73. The van der Waals surface area contributed by atoms with Crippen molar-refractivity contribution in [2.45, 2.75) is 6.92 Å². The van der Waals surface area contributed by atoms with E-state index in [1.807, 2.05) is 0 Å². The molecule has 2 aromatic rings. The van der Waals surface area contributed by atoms with Crippen molar-refractivity contribution in [2.24, 2.45) is 0 Å². The number of aromatic nitrogens is 1. The number of benzene rings is 1. The van der Waals surface area contributed by atoms with Crippen LogP contribution in [0.4, 0.5) is 0 Å². The van der Waals surface area contributed by atoms with Gasteiger partial charge in [-0.2, -0.15) is 0 Å². The maximum Gasteiger partial charge on any atom is 0.354 e. The Morgan fingerprint density at radius 2 is 1.88 bits per heavy atom. The molecule has 0 fully saturated rings. The van der Waals surface area contributed by atoms with Gasteiger partial charge in [0.05, 0.1) is 33.6 Å². The summed E-state index contributed by atoms with van der Waals surface area (Å²) in [4.78, 5) is 15.1. The van der Waals surface area contributed by atoms with Crippen LogP contribution in [0.15, 0.2) is 12.1 Å². The Labute approximate surface area is 147 Å². The number of ether oxygens (including phenoxy) is 4. The smallest absolute Gasteiger partial charge is 0.354 e. The van der Waals surface area contributed by atoms with Crippen LogP contribution in [0.1, 0.15) is 23.1 Å². The normalized spacial score (nSPS) is 10.2. The second-order valence-electron chi connectivity index (χ2n) is 5.16. The lowest BCUT2D eigenvalue weighted by atomic mass is 9.86. The Bertz CT molecular complexity index is 801. The van der Waals surface area contributed by atoms with Crippen LogP contribution < -0.4 is 19.7 Å². The van der Waals surface area contributed by atoms with Gasteiger partial charge in [-0.05, 0) is 24.5 Å². The van der Waals surface area contributed by atoms with Gasteiger partial charge in [0.25, 0.3) is 0 Å². The minimum absolute atomic E-state index is 0.270. The van der Waals surface area contributed by atoms with Gasteiger partial charge in [0.15, 0.2) is 11.5 Å². The van der Waals surface area contributed by atoms with Crippen molar-refractivity contribution in [1.82, 2.24) is 4.98 Å². The first kappa shape index (κ1) is 18.4. The second kappa shape index (κ2) is 7.78.